The molecule has 1 fully saturated rings. The van der Waals surface area contributed by atoms with Gasteiger partial charge in [-0.1, -0.05) is 11.9 Å². The minimum Gasteiger partial charge on any atom is -0.497 e. The first kappa shape index (κ1) is 14.5. The molecular formula is C16H20N2O2S. The van der Waals surface area contributed by atoms with Crippen LogP contribution in [0.3, 0.4) is 0 Å². The summed E-state index contributed by atoms with van der Waals surface area (Å²) in [6, 6.07) is 7.87. The summed E-state index contributed by atoms with van der Waals surface area (Å²) < 4.78 is 13.9. The average Bonchev–Trinajstić information content (AvgIpc) is 2.55. The lowest BCUT2D eigenvalue weighted by Gasteiger charge is -2.30. The van der Waals surface area contributed by atoms with Gasteiger partial charge in [0.25, 0.3) is 0 Å². The molecule has 2 heterocycles. The van der Waals surface area contributed by atoms with Crippen molar-refractivity contribution >= 4 is 22.9 Å². The van der Waals surface area contributed by atoms with E-state index in [1.165, 1.54) is 0 Å². The molecule has 0 unspecified atom stereocenters. The van der Waals surface area contributed by atoms with E-state index in [4.69, 9.17) is 9.47 Å². The van der Waals surface area contributed by atoms with Crippen LogP contribution in [-0.4, -0.2) is 41.8 Å². The third-order valence-corrected chi connectivity index (χ3v) is 4.74. The van der Waals surface area contributed by atoms with Gasteiger partial charge in [0.1, 0.15) is 17.6 Å². The molecule has 0 bridgehead atoms. The predicted molar refractivity (Wildman–Crippen MR) is 87.0 cm³/mol. The quantitative estimate of drug-likeness (QED) is 0.809. The minimum absolute atomic E-state index is 0.293. The Labute approximate surface area is 129 Å². The largest absolute Gasteiger partial charge is 0.497 e. The van der Waals surface area contributed by atoms with E-state index in [2.05, 4.69) is 15.5 Å². The number of ether oxygens (including phenoxy) is 2. The Morgan fingerprint density at radius 2 is 2.05 bits per heavy atom. The molecule has 4 nitrogen and oxygen atoms in total. The predicted octanol–water partition coefficient (Wildman–Crippen LogP) is 3.36. The van der Waals surface area contributed by atoms with Gasteiger partial charge in [-0.05, 0) is 37.3 Å². The number of pyridine rings is 1. The molecule has 112 valence electrons. The normalized spacial score (nSPS) is 17.0. The van der Waals surface area contributed by atoms with Crippen molar-refractivity contribution in [2.45, 2.75) is 18.9 Å². The molecule has 0 aliphatic carbocycles. The van der Waals surface area contributed by atoms with Gasteiger partial charge in [0, 0.05) is 30.7 Å². The van der Waals surface area contributed by atoms with Crippen molar-refractivity contribution in [2.75, 3.05) is 26.5 Å². The van der Waals surface area contributed by atoms with E-state index in [1.54, 1.807) is 13.3 Å². The summed E-state index contributed by atoms with van der Waals surface area (Å²) in [5.41, 5.74) is 0.911. The molecule has 1 aliphatic heterocycles. The summed E-state index contributed by atoms with van der Waals surface area (Å²) in [4.78, 5) is 4.40. The lowest BCUT2D eigenvalue weighted by molar-refractivity contribution is 0.141. The molecule has 3 rings (SSSR count). The van der Waals surface area contributed by atoms with Crippen LogP contribution in [-0.2, 0) is 0 Å². The number of aromatic nitrogens is 1. The topological polar surface area (TPSA) is 34.6 Å². The molecule has 0 amide bonds. The number of nitrogens with zero attached hydrogens (tertiary/aromatic N) is 2. The van der Waals surface area contributed by atoms with E-state index in [0.29, 0.717) is 6.10 Å². The van der Waals surface area contributed by atoms with Gasteiger partial charge >= 0.3 is 0 Å². The first-order chi connectivity index (χ1) is 10.3. The number of piperidine rings is 1. The summed E-state index contributed by atoms with van der Waals surface area (Å²) in [5, 5.41) is 1.05. The molecule has 2 aromatic rings. The molecule has 1 aromatic carbocycles. The number of hydrogen-bond acceptors (Lipinski definition) is 5. The molecular weight excluding hydrogens is 284 g/mol. The zero-order chi connectivity index (χ0) is 14.7. The van der Waals surface area contributed by atoms with Gasteiger partial charge in [-0.15, -0.1) is 0 Å². The lowest BCUT2D eigenvalue weighted by Crippen LogP contribution is -2.34. The summed E-state index contributed by atoms with van der Waals surface area (Å²) in [7, 11) is 1.67. The van der Waals surface area contributed by atoms with E-state index >= 15 is 0 Å². The molecule has 1 aromatic heterocycles. The monoisotopic (exact) mass is 304 g/mol. The second kappa shape index (κ2) is 6.54. The molecule has 21 heavy (non-hydrogen) atoms. The van der Waals surface area contributed by atoms with Crippen LogP contribution in [0.2, 0.25) is 0 Å². The van der Waals surface area contributed by atoms with Gasteiger partial charge < -0.3 is 9.47 Å². The zero-order valence-corrected chi connectivity index (χ0v) is 13.2. The molecule has 0 spiro atoms. The van der Waals surface area contributed by atoms with E-state index in [-0.39, 0.29) is 0 Å². The molecule has 0 radical (unpaired) electrons. The molecule has 5 heteroatoms. The summed E-state index contributed by atoms with van der Waals surface area (Å²) in [6.07, 6.45) is 6.36. The highest BCUT2D eigenvalue weighted by Gasteiger charge is 2.20. The van der Waals surface area contributed by atoms with Crippen LogP contribution in [0.5, 0.6) is 11.5 Å². The maximum absolute atomic E-state index is 6.22. The summed E-state index contributed by atoms with van der Waals surface area (Å²) >= 11 is 1.81. The number of fused-ring (bicyclic) bond motifs is 1. The Kier molecular flexibility index (Phi) is 4.51. The fraction of sp³-hybridized carbons (Fsp3) is 0.438. The maximum Gasteiger partial charge on any atom is 0.130 e. The highest BCUT2D eigenvalue weighted by Crippen LogP contribution is 2.29. The number of methoxy groups -OCH3 is 1. The second-order valence-corrected chi connectivity index (χ2v) is 6.00. The van der Waals surface area contributed by atoms with Gasteiger partial charge in [-0.25, -0.2) is 0 Å². The third kappa shape index (κ3) is 3.24. The maximum atomic E-state index is 6.22. The van der Waals surface area contributed by atoms with Crippen molar-refractivity contribution in [2.24, 2.45) is 0 Å². The van der Waals surface area contributed by atoms with E-state index in [9.17, 15) is 0 Å². The molecule has 1 aliphatic rings. The second-order valence-electron chi connectivity index (χ2n) is 5.12. The van der Waals surface area contributed by atoms with Crippen LogP contribution in [0.15, 0.2) is 30.5 Å². The smallest absolute Gasteiger partial charge is 0.130 e. The zero-order valence-electron chi connectivity index (χ0n) is 12.4. The Bertz CT molecular complexity index is 612. The van der Waals surface area contributed by atoms with Crippen LogP contribution in [0.1, 0.15) is 12.8 Å². The Balaban J connectivity index is 1.78. The van der Waals surface area contributed by atoms with E-state index < -0.39 is 0 Å². The third-order valence-electron chi connectivity index (χ3n) is 3.86. The highest BCUT2D eigenvalue weighted by atomic mass is 32.2. The molecule has 0 N–H and O–H groups in total. The summed E-state index contributed by atoms with van der Waals surface area (Å²) in [6.45, 7) is 2.17. The van der Waals surface area contributed by atoms with Gasteiger partial charge in [0.15, 0.2) is 0 Å². The van der Waals surface area contributed by atoms with Crippen LogP contribution in [0, 0.1) is 0 Å². The fourth-order valence-electron chi connectivity index (χ4n) is 2.64. The van der Waals surface area contributed by atoms with Gasteiger partial charge in [0.05, 0.1) is 12.6 Å². The Morgan fingerprint density at radius 1 is 1.24 bits per heavy atom. The minimum atomic E-state index is 0.293. The SMILES string of the molecule is COc1ccc2c(OC3CCN(SC)CC3)ccnc2c1. The average molecular weight is 304 g/mol. The lowest BCUT2D eigenvalue weighted by atomic mass is 10.1. The number of benzene rings is 1. The molecule has 0 atom stereocenters. The Morgan fingerprint density at radius 3 is 2.76 bits per heavy atom. The van der Waals surface area contributed by atoms with Gasteiger partial charge in [-0.3, -0.25) is 9.29 Å². The van der Waals surface area contributed by atoms with Crippen molar-refractivity contribution in [3.63, 3.8) is 0 Å². The fourth-order valence-corrected chi connectivity index (χ4v) is 3.22. The van der Waals surface area contributed by atoms with Gasteiger partial charge in [-0.2, -0.15) is 0 Å². The van der Waals surface area contributed by atoms with Crippen molar-refractivity contribution in [1.82, 2.24) is 9.29 Å². The van der Waals surface area contributed by atoms with Crippen molar-refractivity contribution in [3.8, 4) is 11.5 Å². The van der Waals surface area contributed by atoms with Crippen molar-refractivity contribution < 1.29 is 9.47 Å². The number of rotatable bonds is 4. The van der Waals surface area contributed by atoms with Gasteiger partial charge in [0.2, 0.25) is 0 Å². The molecule has 0 saturated carbocycles. The van der Waals surface area contributed by atoms with Crippen LogP contribution < -0.4 is 9.47 Å². The first-order valence-corrected chi connectivity index (χ1v) is 8.37. The van der Waals surface area contributed by atoms with Crippen LogP contribution in [0.4, 0.5) is 0 Å². The van der Waals surface area contributed by atoms with E-state index in [0.717, 1.165) is 48.3 Å². The Hall–Kier alpha value is -1.46. The van der Waals surface area contributed by atoms with Crippen LogP contribution >= 0.6 is 11.9 Å². The molecule has 1 saturated heterocycles. The van der Waals surface area contributed by atoms with Crippen molar-refractivity contribution in [3.05, 3.63) is 30.5 Å². The highest BCUT2D eigenvalue weighted by molar-refractivity contribution is 7.96. The first-order valence-electron chi connectivity index (χ1n) is 7.18. The number of hydrogen-bond donors (Lipinski definition) is 0. The van der Waals surface area contributed by atoms with E-state index in [1.807, 2.05) is 36.2 Å². The van der Waals surface area contributed by atoms with Crippen LogP contribution in [0.25, 0.3) is 10.9 Å². The van der Waals surface area contributed by atoms with Crippen molar-refractivity contribution in [1.29, 1.82) is 0 Å². The summed E-state index contributed by atoms with van der Waals surface area (Å²) in [5.74, 6) is 1.74. The standard InChI is InChI=1S/C16H20N2O2S/c1-19-13-3-4-14-15(11-13)17-8-5-16(14)20-12-6-9-18(21-2)10-7-12/h3-5,8,11-12H,6-7,9-10H2,1-2H3.